The van der Waals surface area contributed by atoms with Gasteiger partial charge in [0.2, 0.25) is 0 Å². The molecular weight excluding hydrogens is 252 g/mol. The minimum atomic E-state index is 0.00450. The number of ether oxygens (including phenoxy) is 2. The van der Waals surface area contributed by atoms with E-state index < -0.39 is 0 Å². The molecule has 110 valence electrons. The molecule has 0 aliphatic heterocycles. The molecule has 2 rings (SSSR count). The second-order valence-electron chi connectivity index (χ2n) is 5.37. The lowest BCUT2D eigenvalue weighted by atomic mass is 9.90. The van der Waals surface area contributed by atoms with Gasteiger partial charge in [0.05, 0.1) is 18.8 Å². The SMILES string of the molecule is CCOc1ccccc1C(=O)COCC1CCCCC1. The highest BCUT2D eigenvalue weighted by Crippen LogP contribution is 2.24. The maximum Gasteiger partial charge on any atom is 0.192 e. The van der Waals surface area contributed by atoms with Crippen molar-refractivity contribution in [3.05, 3.63) is 29.8 Å². The summed E-state index contributed by atoms with van der Waals surface area (Å²) < 4.78 is 11.1. The van der Waals surface area contributed by atoms with Crippen molar-refractivity contribution in [2.45, 2.75) is 39.0 Å². The van der Waals surface area contributed by atoms with Gasteiger partial charge in [-0.25, -0.2) is 0 Å². The fraction of sp³-hybridized carbons (Fsp3) is 0.588. The van der Waals surface area contributed by atoms with Crippen LogP contribution < -0.4 is 4.74 Å². The summed E-state index contributed by atoms with van der Waals surface area (Å²) in [5.74, 6) is 1.30. The second-order valence-corrected chi connectivity index (χ2v) is 5.37. The number of hydrogen-bond acceptors (Lipinski definition) is 3. The minimum absolute atomic E-state index is 0.00450. The van der Waals surface area contributed by atoms with Gasteiger partial charge in [-0.3, -0.25) is 4.79 Å². The van der Waals surface area contributed by atoms with E-state index in [4.69, 9.17) is 9.47 Å². The first-order valence-electron chi connectivity index (χ1n) is 7.64. The van der Waals surface area contributed by atoms with Gasteiger partial charge in [0, 0.05) is 0 Å². The minimum Gasteiger partial charge on any atom is -0.493 e. The maximum absolute atomic E-state index is 12.2. The summed E-state index contributed by atoms with van der Waals surface area (Å²) in [4.78, 5) is 12.2. The molecule has 0 bridgehead atoms. The number of benzene rings is 1. The van der Waals surface area contributed by atoms with E-state index >= 15 is 0 Å². The highest BCUT2D eigenvalue weighted by Gasteiger charge is 2.16. The summed E-state index contributed by atoms with van der Waals surface area (Å²) in [6.07, 6.45) is 6.43. The van der Waals surface area contributed by atoms with Gasteiger partial charge in [0.25, 0.3) is 0 Å². The van der Waals surface area contributed by atoms with E-state index in [1.807, 2.05) is 25.1 Å². The number of carbonyl (C=O) groups excluding carboxylic acids is 1. The average molecular weight is 276 g/mol. The molecule has 0 spiro atoms. The summed E-state index contributed by atoms with van der Waals surface area (Å²) >= 11 is 0. The first kappa shape index (κ1) is 15.0. The predicted molar refractivity (Wildman–Crippen MR) is 79.3 cm³/mol. The lowest BCUT2D eigenvalue weighted by Crippen LogP contribution is -2.17. The van der Waals surface area contributed by atoms with Crippen molar-refractivity contribution in [3.63, 3.8) is 0 Å². The molecule has 1 aliphatic rings. The second kappa shape index (κ2) is 8.05. The molecule has 3 nitrogen and oxygen atoms in total. The molecule has 20 heavy (non-hydrogen) atoms. The van der Waals surface area contributed by atoms with Gasteiger partial charge in [0.15, 0.2) is 5.78 Å². The zero-order chi connectivity index (χ0) is 14.2. The Labute approximate surface area is 121 Å². The number of Topliss-reactive ketones (excluding diaryl/α,β-unsaturated/α-hetero) is 1. The Morgan fingerprint density at radius 3 is 2.70 bits per heavy atom. The smallest absolute Gasteiger partial charge is 0.192 e. The van der Waals surface area contributed by atoms with Crippen molar-refractivity contribution >= 4 is 5.78 Å². The van der Waals surface area contributed by atoms with Crippen LogP contribution in [0.25, 0.3) is 0 Å². The monoisotopic (exact) mass is 276 g/mol. The summed E-state index contributed by atoms with van der Waals surface area (Å²) in [6.45, 7) is 3.34. The Hall–Kier alpha value is -1.35. The number of hydrogen-bond donors (Lipinski definition) is 0. The molecule has 1 aromatic carbocycles. The highest BCUT2D eigenvalue weighted by atomic mass is 16.5. The molecule has 0 aromatic heterocycles. The van der Waals surface area contributed by atoms with Crippen LogP contribution in [0.5, 0.6) is 5.75 Å². The Morgan fingerprint density at radius 2 is 1.95 bits per heavy atom. The molecule has 0 amide bonds. The lowest BCUT2D eigenvalue weighted by Gasteiger charge is -2.21. The quantitative estimate of drug-likeness (QED) is 0.709. The van der Waals surface area contributed by atoms with Gasteiger partial charge in [-0.1, -0.05) is 31.4 Å². The molecule has 0 N–H and O–H groups in total. The molecule has 1 fully saturated rings. The lowest BCUT2D eigenvalue weighted by molar-refractivity contribution is 0.0626. The van der Waals surface area contributed by atoms with Crippen LogP contribution in [-0.2, 0) is 4.74 Å². The van der Waals surface area contributed by atoms with Crippen molar-refractivity contribution in [3.8, 4) is 5.75 Å². The Morgan fingerprint density at radius 1 is 1.20 bits per heavy atom. The van der Waals surface area contributed by atoms with Gasteiger partial charge in [0.1, 0.15) is 12.4 Å². The Balaban J connectivity index is 1.82. The molecule has 1 saturated carbocycles. The van der Waals surface area contributed by atoms with E-state index in [1.165, 1.54) is 32.1 Å². The summed E-state index contributed by atoms with van der Waals surface area (Å²) in [5.41, 5.74) is 0.623. The van der Waals surface area contributed by atoms with E-state index in [0.717, 1.165) is 0 Å². The molecule has 3 heteroatoms. The van der Waals surface area contributed by atoms with Crippen LogP contribution in [0.1, 0.15) is 49.4 Å². The van der Waals surface area contributed by atoms with Gasteiger partial charge < -0.3 is 9.47 Å². The molecule has 0 unspecified atom stereocenters. The van der Waals surface area contributed by atoms with Crippen LogP contribution in [0.15, 0.2) is 24.3 Å². The van der Waals surface area contributed by atoms with Crippen LogP contribution in [0.2, 0.25) is 0 Å². The normalized spacial score (nSPS) is 16.1. The highest BCUT2D eigenvalue weighted by molar-refractivity contribution is 5.99. The first-order valence-corrected chi connectivity index (χ1v) is 7.64. The third-order valence-corrected chi connectivity index (χ3v) is 3.80. The largest absolute Gasteiger partial charge is 0.493 e. The topological polar surface area (TPSA) is 35.5 Å². The molecule has 0 atom stereocenters. The maximum atomic E-state index is 12.2. The van der Waals surface area contributed by atoms with Gasteiger partial charge in [-0.05, 0) is 37.8 Å². The van der Waals surface area contributed by atoms with Crippen molar-refractivity contribution in [1.29, 1.82) is 0 Å². The summed E-state index contributed by atoms with van der Waals surface area (Å²) in [6, 6.07) is 7.37. The Bertz CT molecular complexity index is 422. The van der Waals surface area contributed by atoms with Crippen molar-refractivity contribution in [2.75, 3.05) is 19.8 Å². The zero-order valence-corrected chi connectivity index (χ0v) is 12.3. The fourth-order valence-electron chi connectivity index (χ4n) is 2.73. The summed E-state index contributed by atoms with van der Waals surface area (Å²) in [5, 5.41) is 0. The third kappa shape index (κ3) is 4.34. The molecule has 0 saturated heterocycles. The molecule has 0 radical (unpaired) electrons. The first-order chi connectivity index (χ1) is 9.81. The molecule has 1 aromatic rings. The van der Waals surface area contributed by atoms with Crippen LogP contribution >= 0.6 is 0 Å². The molecule has 0 heterocycles. The number of ketones is 1. The van der Waals surface area contributed by atoms with Crippen LogP contribution in [-0.4, -0.2) is 25.6 Å². The summed E-state index contributed by atoms with van der Waals surface area (Å²) in [7, 11) is 0. The fourth-order valence-corrected chi connectivity index (χ4v) is 2.73. The van der Waals surface area contributed by atoms with Crippen molar-refractivity contribution in [2.24, 2.45) is 5.92 Å². The van der Waals surface area contributed by atoms with Crippen molar-refractivity contribution < 1.29 is 14.3 Å². The zero-order valence-electron chi connectivity index (χ0n) is 12.3. The number of rotatable bonds is 7. The van der Waals surface area contributed by atoms with E-state index in [1.54, 1.807) is 6.07 Å². The van der Waals surface area contributed by atoms with Crippen molar-refractivity contribution in [1.82, 2.24) is 0 Å². The van der Waals surface area contributed by atoms with E-state index in [-0.39, 0.29) is 12.4 Å². The van der Waals surface area contributed by atoms with Gasteiger partial charge >= 0.3 is 0 Å². The van der Waals surface area contributed by atoms with E-state index in [2.05, 4.69) is 0 Å². The van der Waals surface area contributed by atoms with E-state index in [9.17, 15) is 4.79 Å². The third-order valence-electron chi connectivity index (χ3n) is 3.80. The van der Waals surface area contributed by atoms with Crippen LogP contribution in [0.3, 0.4) is 0 Å². The van der Waals surface area contributed by atoms with Gasteiger partial charge in [-0.2, -0.15) is 0 Å². The number of carbonyl (C=O) groups is 1. The molecule has 1 aliphatic carbocycles. The van der Waals surface area contributed by atoms with Crippen LogP contribution in [0, 0.1) is 5.92 Å². The van der Waals surface area contributed by atoms with Gasteiger partial charge in [-0.15, -0.1) is 0 Å². The predicted octanol–water partition coefficient (Wildman–Crippen LogP) is 3.86. The van der Waals surface area contributed by atoms with E-state index in [0.29, 0.717) is 30.4 Å². The average Bonchev–Trinajstić information content (AvgIpc) is 2.49. The number of para-hydroxylation sites is 1. The Kier molecular flexibility index (Phi) is 6.06. The standard InChI is InChI=1S/C17H24O3/c1-2-20-17-11-7-6-10-15(17)16(18)13-19-12-14-8-4-3-5-9-14/h6-7,10-11,14H,2-5,8-9,12-13H2,1H3. The molecular formula is C17H24O3. The van der Waals surface area contributed by atoms with Crippen LogP contribution in [0.4, 0.5) is 0 Å².